The molecule has 0 unspecified atom stereocenters. The average Bonchev–Trinajstić information content (AvgIpc) is 2.68. The first-order valence-electron chi connectivity index (χ1n) is 9.32. The Balaban J connectivity index is 1.60. The third-order valence-corrected chi connectivity index (χ3v) is 5.13. The molecule has 2 aromatic rings. The molecule has 1 saturated heterocycles. The zero-order valence-electron chi connectivity index (χ0n) is 16.6. The lowest BCUT2D eigenvalue weighted by molar-refractivity contribution is -0.130. The van der Waals surface area contributed by atoms with Crippen LogP contribution in [0.2, 0.25) is 0 Å². The van der Waals surface area contributed by atoms with Crippen LogP contribution < -0.4 is 14.4 Å². The molecule has 0 saturated carbocycles. The molecule has 1 aliphatic rings. The first-order chi connectivity index (χ1) is 13.0. The van der Waals surface area contributed by atoms with Gasteiger partial charge in [-0.1, -0.05) is 23.8 Å². The van der Waals surface area contributed by atoms with Crippen molar-refractivity contribution in [2.24, 2.45) is 0 Å². The van der Waals surface area contributed by atoms with Gasteiger partial charge in [-0.2, -0.15) is 0 Å². The second-order valence-electron chi connectivity index (χ2n) is 7.02. The molecule has 1 amide bonds. The standard InChI is InChI=1S/C22H28N2O3/c1-16-5-7-19(17(2)13-16)23-9-11-24(12-10-23)22(25)15-18-6-8-20(26-3)21(14-18)27-4/h5-8,13-14H,9-12,15H2,1-4H3. The molecule has 0 aliphatic carbocycles. The number of carbonyl (C=O) groups is 1. The summed E-state index contributed by atoms with van der Waals surface area (Å²) in [6.07, 6.45) is 0.379. The molecular formula is C22H28N2O3. The largest absolute Gasteiger partial charge is 0.493 e. The van der Waals surface area contributed by atoms with E-state index < -0.39 is 0 Å². The van der Waals surface area contributed by atoms with Crippen molar-refractivity contribution in [3.8, 4) is 11.5 Å². The van der Waals surface area contributed by atoms with Crippen molar-refractivity contribution < 1.29 is 14.3 Å². The van der Waals surface area contributed by atoms with Crippen LogP contribution in [-0.4, -0.2) is 51.2 Å². The van der Waals surface area contributed by atoms with Crippen molar-refractivity contribution in [3.05, 3.63) is 53.1 Å². The summed E-state index contributed by atoms with van der Waals surface area (Å²) in [6, 6.07) is 12.2. The number of hydrogen-bond acceptors (Lipinski definition) is 4. The lowest BCUT2D eigenvalue weighted by atomic mass is 10.1. The van der Waals surface area contributed by atoms with Crippen molar-refractivity contribution in [1.82, 2.24) is 4.90 Å². The van der Waals surface area contributed by atoms with Crippen LogP contribution in [0.5, 0.6) is 11.5 Å². The summed E-state index contributed by atoms with van der Waals surface area (Å²) in [5.74, 6) is 1.49. The third-order valence-electron chi connectivity index (χ3n) is 5.13. The molecule has 3 rings (SSSR count). The van der Waals surface area contributed by atoms with Gasteiger partial charge in [-0.05, 0) is 43.2 Å². The normalized spacial score (nSPS) is 14.2. The number of ether oxygens (including phenoxy) is 2. The van der Waals surface area contributed by atoms with Crippen LogP contribution in [0, 0.1) is 13.8 Å². The van der Waals surface area contributed by atoms with Crippen molar-refractivity contribution in [2.75, 3.05) is 45.3 Å². The van der Waals surface area contributed by atoms with Gasteiger partial charge in [0, 0.05) is 31.9 Å². The predicted octanol–water partition coefficient (Wildman–Crippen LogP) is 3.21. The number of methoxy groups -OCH3 is 2. The first kappa shape index (κ1) is 19.1. The highest BCUT2D eigenvalue weighted by Gasteiger charge is 2.22. The van der Waals surface area contributed by atoms with Crippen LogP contribution in [-0.2, 0) is 11.2 Å². The number of hydrogen-bond donors (Lipinski definition) is 0. The summed E-state index contributed by atoms with van der Waals surface area (Å²) >= 11 is 0. The van der Waals surface area contributed by atoms with Gasteiger partial charge in [0.25, 0.3) is 0 Å². The Hall–Kier alpha value is -2.69. The van der Waals surface area contributed by atoms with E-state index >= 15 is 0 Å². The van der Waals surface area contributed by atoms with E-state index in [0.717, 1.165) is 31.7 Å². The third kappa shape index (κ3) is 4.35. The fraction of sp³-hybridized carbons (Fsp3) is 0.409. The van der Waals surface area contributed by atoms with E-state index in [9.17, 15) is 4.79 Å². The zero-order valence-corrected chi connectivity index (χ0v) is 16.6. The van der Waals surface area contributed by atoms with Crippen molar-refractivity contribution in [3.63, 3.8) is 0 Å². The minimum atomic E-state index is 0.155. The molecule has 1 fully saturated rings. The van der Waals surface area contributed by atoms with Gasteiger partial charge in [-0.15, -0.1) is 0 Å². The minimum Gasteiger partial charge on any atom is -0.493 e. The fourth-order valence-corrected chi connectivity index (χ4v) is 3.63. The fourth-order valence-electron chi connectivity index (χ4n) is 3.63. The van der Waals surface area contributed by atoms with Gasteiger partial charge in [0.15, 0.2) is 11.5 Å². The van der Waals surface area contributed by atoms with E-state index in [-0.39, 0.29) is 5.91 Å². The van der Waals surface area contributed by atoms with Gasteiger partial charge >= 0.3 is 0 Å². The molecular weight excluding hydrogens is 340 g/mol. The Morgan fingerprint density at radius 1 is 0.926 bits per heavy atom. The van der Waals surface area contributed by atoms with Crippen molar-refractivity contribution in [1.29, 1.82) is 0 Å². The summed E-state index contributed by atoms with van der Waals surface area (Å²) in [5, 5.41) is 0. The molecule has 1 heterocycles. The number of carbonyl (C=O) groups excluding carboxylic acids is 1. The maximum atomic E-state index is 12.7. The highest BCUT2D eigenvalue weighted by molar-refractivity contribution is 5.79. The Kier molecular flexibility index (Phi) is 5.89. The highest BCUT2D eigenvalue weighted by Crippen LogP contribution is 2.28. The summed E-state index contributed by atoms with van der Waals surface area (Å²) in [7, 11) is 3.22. The summed E-state index contributed by atoms with van der Waals surface area (Å²) in [5.41, 5.74) is 4.78. The van der Waals surface area contributed by atoms with Crippen LogP contribution in [0.15, 0.2) is 36.4 Å². The van der Waals surface area contributed by atoms with Crippen LogP contribution in [0.25, 0.3) is 0 Å². The molecule has 5 heteroatoms. The molecule has 144 valence electrons. The molecule has 0 N–H and O–H groups in total. The Bertz CT molecular complexity index is 811. The van der Waals surface area contributed by atoms with Crippen molar-refractivity contribution in [2.45, 2.75) is 20.3 Å². The van der Waals surface area contributed by atoms with Gasteiger partial charge in [0.1, 0.15) is 0 Å². The Morgan fingerprint density at radius 3 is 2.26 bits per heavy atom. The van der Waals surface area contributed by atoms with Crippen molar-refractivity contribution >= 4 is 11.6 Å². The van der Waals surface area contributed by atoms with Gasteiger partial charge in [0.05, 0.1) is 20.6 Å². The van der Waals surface area contributed by atoms with Gasteiger partial charge in [-0.3, -0.25) is 4.79 Å². The maximum absolute atomic E-state index is 12.7. The van der Waals surface area contributed by atoms with E-state index in [0.29, 0.717) is 17.9 Å². The molecule has 5 nitrogen and oxygen atoms in total. The van der Waals surface area contributed by atoms with Gasteiger partial charge in [-0.25, -0.2) is 0 Å². The van der Waals surface area contributed by atoms with E-state index in [4.69, 9.17) is 9.47 Å². The van der Waals surface area contributed by atoms with Crippen LogP contribution in [0.3, 0.4) is 0 Å². The topological polar surface area (TPSA) is 42.0 Å². The molecule has 0 radical (unpaired) electrons. The summed E-state index contributed by atoms with van der Waals surface area (Å²) in [4.78, 5) is 17.0. The van der Waals surface area contributed by atoms with Crippen LogP contribution in [0.4, 0.5) is 5.69 Å². The zero-order chi connectivity index (χ0) is 19.4. The van der Waals surface area contributed by atoms with E-state index in [1.807, 2.05) is 23.1 Å². The number of piperazine rings is 1. The lowest BCUT2D eigenvalue weighted by Crippen LogP contribution is -2.49. The monoisotopic (exact) mass is 368 g/mol. The Labute approximate surface area is 161 Å². The Morgan fingerprint density at radius 2 is 1.63 bits per heavy atom. The summed E-state index contributed by atoms with van der Waals surface area (Å²) in [6.45, 7) is 7.49. The summed E-state index contributed by atoms with van der Waals surface area (Å²) < 4.78 is 10.6. The number of anilines is 1. The van der Waals surface area contributed by atoms with Gasteiger partial charge < -0.3 is 19.3 Å². The van der Waals surface area contributed by atoms with E-state index in [1.165, 1.54) is 16.8 Å². The number of aryl methyl sites for hydroxylation is 2. The molecule has 0 spiro atoms. The minimum absolute atomic E-state index is 0.155. The van der Waals surface area contributed by atoms with Crippen LogP contribution in [0.1, 0.15) is 16.7 Å². The smallest absolute Gasteiger partial charge is 0.227 e. The number of amides is 1. The molecule has 0 bridgehead atoms. The highest BCUT2D eigenvalue weighted by atomic mass is 16.5. The second kappa shape index (κ2) is 8.33. The number of rotatable bonds is 5. The average molecular weight is 368 g/mol. The first-order valence-corrected chi connectivity index (χ1v) is 9.32. The van der Waals surface area contributed by atoms with Gasteiger partial charge in [0.2, 0.25) is 5.91 Å². The molecule has 0 atom stereocenters. The second-order valence-corrected chi connectivity index (χ2v) is 7.02. The molecule has 2 aromatic carbocycles. The molecule has 1 aliphatic heterocycles. The van der Waals surface area contributed by atoms with E-state index in [1.54, 1.807) is 14.2 Å². The predicted molar refractivity (Wildman–Crippen MR) is 108 cm³/mol. The van der Waals surface area contributed by atoms with E-state index in [2.05, 4.69) is 36.9 Å². The maximum Gasteiger partial charge on any atom is 0.227 e. The quantitative estimate of drug-likeness (QED) is 0.813. The lowest BCUT2D eigenvalue weighted by Gasteiger charge is -2.37. The SMILES string of the molecule is COc1ccc(CC(=O)N2CCN(c3ccc(C)cc3C)CC2)cc1OC. The molecule has 0 aromatic heterocycles. The number of nitrogens with zero attached hydrogens (tertiary/aromatic N) is 2. The molecule has 27 heavy (non-hydrogen) atoms. The van der Waals surface area contributed by atoms with Crippen LogP contribution >= 0.6 is 0 Å². The number of benzene rings is 2.